The van der Waals surface area contributed by atoms with Crippen molar-refractivity contribution in [1.29, 1.82) is 0 Å². The Labute approximate surface area is 106 Å². The van der Waals surface area contributed by atoms with E-state index in [1.54, 1.807) is 6.20 Å². The lowest BCUT2D eigenvalue weighted by atomic mass is 10.1. The first-order chi connectivity index (χ1) is 8.34. The molecule has 6 heteroatoms. The van der Waals surface area contributed by atoms with Gasteiger partial charge in [0, 0.05) is 23.2 Å². The minimum Gasteiger partial charge on any atom is -0.381 e. The summed E-state index contributed by atoms with van der Waals surface area (Å²) in [5.74, 6) is 1.39. The second-order valence-corrected chi connectivity index (χ2v) is 4.71. The van der Waals surface area contributed by atoms with Gasteiger partial charge < -0.3 is 9.26 Å². The number of halogens is 1. The maximum Gasteiger partial charge on any atom is 0.277 e. The van der Waals surface area contributed by atoms with Gasteiger partial charge in [0.05, 0.1) is 6.61 Å². The normalized spacial score (nSPS) is 19.7. The third-order valence-electron chi connectivity index (χ3n) is 2.70. The van der Waals surface area contributed by atoms with E-state index in [1.165, 1.54) is 0 Å². The van der Waals surface area contributed by atoms with E-state index in [-0.39, 0.29) is 5.92 Å². The van der Waals surface area contributed by atoms with Crippen LogP contribution in [0.1, 0.15) is 18.2 Å². The molecule has 0 aromatic carbocycles. The van der Waals surface area contributed by atoms with Gasteiger partial charge in [-0.3, -0.25) is 0 Å². The Morgan fingerprint density at radius 3 is 3.12 bits per heavy atom. The molecule has 2 aromatic heterocycles. The summed E-state index contributed by atoms with van der Waals surface area (Å²) in [6.45, 7) is 1.43. The number of nitrogens with zero attached hydrogens (tertiary/aromatic N) is 3. The Morgan fingerprint density at radius 1 is 1.41 bits per heavy atom. The van der Waals surface area contributed by atoms with E-state index < -0.39 is 0 Å². The van der Waals surface area contributed by atoms with E-state index in [2.05, 4.69) is 31.1 Å². The SMILES string of the molecule is Brc1cccnc1-c1nc([C@H]2CCOC2)no1. The van der Waals surface area contributed by atoms with Crippen LogP contribution in [0, 0.1) is 0 Å². The van der Waals surface area contributed by atoms with Crippen molar-refractivity contribution in [2.45, 2.75) is 12.3 Å². The molecular formula is C11H10BrN3O2. The molecule has 0 aliphatic carbocycles. The van der Waals surface area contributed by atoms with Gasteiger partial charge in [0.25, 0.3) is 5.89 Å². The molecule has 0 saturated carbocycles. The fourth-order valence-corrected chi connectivity index (χ4v) is 2.20. The van der Waals surface area contributed by atoms with Crippen LogP contribution in [0.5, 0.6) is 0 Å². The molecule has 1 fully saturated rings. The molecule has 0 N–H and O–H groups in total. The zero-order valence-corrected chi connectivity index (χ0v) is 10.6. The molecular weight excluding hydrogens is 286 g/mol. The summed E-state index contributed by atoms with van der Waals surface area (Å²) in [7, 11) is 0. The van der Waals surface area contributed by atoms with Gasteiger partial charge >= 0.3 is 0 Å². The summed E-state index contributed by atoms with van der Waals surface area (Å²) < 4.78 is 11.4. The van der Waals surface area contributed by atoms with Crippen LogP contribution in [0.3, 0.4) is 0 Å². The number of pyridine rings is 1. The third-order valence-corrected chi connectivity index (χ3v) is 3.34. The van der Waals surface area contributed by atoms with Crippen molar-refractivity contribution < 1.29 is 9.26 Å². The van der Waals surface area contributed by atoms with E-state index in [4.69, 9.17) is 9.26 Å². The first-order valence-corrected chi connectivity index (χ1v) is 6.16. The quantitative estimate of drug-likeness (QED) is 0.851. The average molecular weight is 296 g/mol. The summed E-state index contributed by atoms with van der Waals surface area (Å²) in [5, 5.41) is 3.99. The first-order valence-electron chi connectivity index (χ1n) is 5.37. The van der Waals surface area contributed by atoms with Crippen LogP contribution in [0.25, 0.3) is 11.6 Å². The second kappa shape index (κ2) is 4.54. The third kappa shape index (κ3) is 2.10. The Morgan fingerprint density at radius 2 is 2.35 bits per heavy atom. The number of hydrogen-bond donors (Lipinski definition) is 0. The number of ether oxygens (including phenoxy) is 1. The largest absolute Gasteiger partial charge is 0.381 e. The highest BCUT2D eigenvalue weighted by Gasteiger charge is 2.24. The van der Waals surface area contributed by atoms with Gasteiger partial charge in [0.1, 0.15) is 5.69 Å². The minimum atomic E-state index is 0.245. The van der Waals surface area contributed by atoms with E-state index in [0.29, 0.717) is 24.0 Å². The zero-order chi connectivity index (χ0) is 11.7. The summed E-state index contributed by atoms with van der Waals surface area (Å²) in [6, 6.07) is 3.74. The minimum absolute atomic E-state index is 0.245. The van der Waals surface area contributed by atoms with Gasteiger partial charge in [-0.25, -0.2) is 4.98 Å². The molecule has 0 bridgehead atoms. The van der Waals surface area contributed by atoms with E-state index in [0.717, 1.165) is 17.5 Å². The van der Waals surface area contributed by atoms with Gasteiger partial charge in [-0.2, -0.15) is 4.98 Å². The van der Waals surface area contributed by atoms with Crippen molar-refractivity contribution >= 4 is 15.9 Å². The van der Waals surface area contributed by atoms with Gasteiger partial charge in [0.2, 0.25) is 0 Å². The second-order valence-electron chi connectivity index (χ2n) is 3.85. The van der Waals surface area contributed by atoms with Gasteiger partial charge in [0.15, 0.2) is 5.82 Å². The number of rotatable bonds is 2. The standard InChI is InChI=1S/C11H10BrN3O2/c12-8-2-1-4-13-9(8)11-14-10(15-17-11)7-3-5-16-6-7/h1-2,4,7H,3,5-6H2/t7-/m0/s1. The van der Waals surface area contributed by atoms with Crippen molar-refractivity contribution in [3.05, 3.63) is 28.6 Å². The van der Waals surface area contributed by atoms with Crippen LogP contribution in [-0.2, 0) is 4.74 Å². The summed E-state index contributed by atoms with van der Waals surface area (Å²) in [5.41, 5.74) is 0.671. The van der Waals surface area contributed by atoms with Crippen LogP contribution in [0.15, 0.2) is 27.3 Å². The molecule has 88 valence electrons. The van der Waals surface area contributed by atoms with Crippen molar-refractivity contribution in [2.24, 2.45) is 0 Å². The Hall–Kier alpha value is -1.27. The summed E-state index contributed by atoms with van der Waals surface area (Å²) in [6.07, 6.45) is 2.64. The van der Waals surface area contributed by atoms with E-state index in [9.17, 15) is 0 Å². The smallest absolute Gasteiger partial charge is 0.277 e. The van der Waals surface area contributed by atoms with E-state index in [1.807, 2.05) is 12.1 Å². The number of aromatic nitrogens is 3. The maximum atomic E-state index is 5.30. The van der Waals surface area contributed by atoms with Gasteiger partial charge in [-0.1, -0.05) is 5.16 Å². The molecule has 5 nitrogen and oxygen atoms in total. The predicted molar refractivity (Wildman–Crippen MR) is 63.4 cm³/mol. The molecule has 1 saturated heterocycles. The molecule has 0 amide bonds. The number of hydrogen-bond acceptors (Lipinski definition) is 5. The van der Waals surface area contributed by atoms with Crippen LogP contribution < -0.4 is 0 Å². The Kier molecular flexibility index (Phi) is 2.90. The fraction of sp³-hybridized carbons (Fsp3) is 0.364. The first kappa shape index (κ1) is 10.9. The van der Waals surface area contributed by atoms with Crippen LogP contribution >= 0.6 is 15.9 Å². The molecule has 2 aromatic rings. The van der Waals surface area contributed by atoms with Gasteiger partial charge in [-0.05, 0) is 34.5 Å². The van der Waals surface area contributed by atoms with Crippen molar-refractivity contribution in [3.63, 3.8) is 0 Å². The van der Waals surface area contributed by atoms with Crippen LogP contribution in [-0.4, -0.2) is 28.3 Å². The highest BCUT2D eigenvalue weighted by Crippen LogP contribution is 2.27. The van der Waals surface area contributed by atoms with Crippen LogP contribution in [0.4, 0.5) is 0 Å². The lowest BCUT2D eigenvalue weighted by Crippen LogP contribution is -1.99. The summed E-state index contributed by atoms with van der Waals surface area (Å²) in [4.78, 5) is 8.59. The molecule has 3 heterocycles. The lowest BCUT2D eigenvalue weighted by molar-refractivity contribution is 0.192. The Balaban J connectivity index is 1.92. The topological polar surface area (TPSA) is 61.0 Å². The molecule has 3 rings (SSSR count). The molecule has 1 aliphatic heterocycles. The molecule has 0 unspecified atom stereocenters. The predicted octanol–water partition coefficient (Wildman–Crippen LogP) is 2.40. The molecule has 1 aliphatic rings. The lowest BCUT2D eigenvalue weighted by Gasteiger charge is -1.98. The van der Waals surface area contributed by atoms with Crippen molar-refractivity contribution in [1.82, 2.24) is 15.1 Å². The highest BCUT2D eigenvalue weighted by atomic mass is 79.9. The maximum absolute atomic E-state index is 5.30. The average Bonchev–Trinajstić information content (AvgIpc) is 3.00. The molecule has 0 radical (unpaired) electrons. The molecule has 1 atom stereocenters. The monoisotopic (exact) mass is 295 g/mol. The molecule has 17 heavy (non-hydrogen) atoms. The Bertz CT molecular complexity index is 523. The van der Waals surface area contributed by atoms with Crippen LogP contribution in [0.2, 0.25) is 0 Å². The molecule has 0 spiro atoms. The fourth-order valence-electron chi connectivity index (χ4n) is 1.78. The van der Waals surface area contributed by atoms with Crippen molar-refractivity contribution in [3.8, 4) is 11.6 Å². The highest BCUT2D eigenvalue weighted by molar-refractivity contribution is 9.10. The summed E-state index contributed by atoms with van der Waals surface area (Å²) >= 11 is 3.41. The van der Waals surface area contributed by atoms with Gasteiger partial charge in [-0.15, -0.1) is 0 Å². The van der Waals surface area contributed by atoms with Crippen molar-refractivity contribution in [2.75, 3.05) is 13.2 Å². The van der Waals surface area contributed by atoms with E-state index >= 15 is 0 Å². The zero-order valence-electron chi connectivity index (χ0n) is 8.97.